The van der Waals surface area contributed by atoms with E-state index >= 15 is 0 Å². The Labute approximate surface area is 159 Å². The van der Waals surface area contributed by atoms with Crippen molar-refractivity contribution in [2.75, 3.05) is 6.54 Å². The molecule has 0 radical (unpaired) electrons. The van der Waals surface area contributed by atoms with Crippen LogP contribution >= 0.6 is 0 Å². The molecule has 2 heterocycles. The van der Waals surface area contributed by atoms with Gasteiger partial charge in [0.15, 0.2) is 0 Å². The standard InChI is InChI=1S/C21H29NO5/c23-18-1-2-19(24)22(18)12-13-3-5-20(6-4-13)25-21(27-26-20)16-8-14-7-15(10-16)11-17(21)9-14/h13-17H,1-12H2. The highest BCUT2D eigenvalue weighted by Gasteiger charge is 2.66. The second-order valence-corrected chi connectivity index (χ2v) is 10.0. The fraction of sp³-hybridized carbons (Fsp3) is 0.905. The van der Waals surface area contributed by atoms with Crippen LogP contribution in [0, 0.1) is 29.6 Å². The van der Waals surface area contributed by atoms with Crippen LogP contribution in [0.4, 0.5) is 0 Å². The molecule has 0 N–H and O–H groups in total. The number of hydrogen-bond donors (Lipinski definition) is 0. The third-order valence-corrected chi connectivity index (χ3v) is 8.41. The monoisotopic (exact) mass is 375 g/mol. The summed E-state index contributed by atoms with van der Waals surface area (Å²) in [6.45, 7) is 0.564. The Hall–Kier alpha value is -0.980. The van der Waals surface area contributed by atoms with Crippen molar-refractivity contribution in [3.05, 3.63) is 0 Å². The molecule has 0 aromatic heterocycles. The number of carbonyl (C=O) groups is 2. The Balaban J connectivity index is 1.12. The van der Waals surface area contributed by atoms with Gasteiger partial charge < -0.3 is 4.74 Å². The highest BCUT2D eigenvalue weighted by atomic mass is 17.3. The first kappa shape index (κ1) is 16.9. The van der Waals surface area contributed by atoms with Gasteiger partial charge in [-0.1, -0.05) is 0 Å². The van der Waals surface area contributed by atoms with Gasteiger partial charge in [-0.25, -0.2) is 0 Å². The molecule has 4 bridgehead atoms. The first-order valence-electron chi connectivity index (χ1n) is 11.0. The number of likely N-dealkylation sites (tertiary alicyclic amines) is 1. The smallest absolute Gasteiger partial charge is 0.229 e. The second kappa shape index (κ2) is 5.77. The summed E-state index contributed by atoms with van der Waals surface area (Å²) in [6.07, 6.45) is 10.5. The molecule has 7 fully saturated rings. The van der Waals surface area contributed by atoms with Crippen LogP contribution < -0.4 is 0 Å². The van der Waals surface area contributed by atoms with Gasteiger partial charge >= 0.3 is 0 Å². The molecular weight excluding hydrogens is 346 g/mol. The molecule has 7 aliphatic rings. The van der Waals surface area contributed by atoms with Crippen molar-refractivity contribution in [2.45, 2.75) is 82.2 Å². The van der Waals surface area contributed by atoms with E-state index in [1.54, 1.807) is 0 Å². The molecule has 0 atom stereocenters. The largest absolute Gasteiger partial charge is 0.312 e. The summed E-state index contributed by atoms with van der Waals surface area (Å²) >= 11 is 0. The number of hydrogen-bond acceptors (Lipinski definition) is 5. The van der Waals surface area contributed by atoms with Gasteiger partial charge in [0.2, 0.25) is 23.4 Å². The van der Waals surface area contributed by atoms with Gasteiger partial charge in [0.25, 0.3) is 0 Å². The Morgan fingerprint density at radius 1 is 0.852 bits per heavy atom. The third kappa shape index (κ3) is 2.49. The molecule has 2 saturated heterocycles. The van der Waals surface area contributed by atoms with Crippen molar-refractivity contribution in [3.8, 4) is 0 Å². The fourth-order valence-electron chi connectivity index (χ4n) is 7.18. The van der Waals surface area contributed by atoms with Crippen LogP contribution in [0.2, 0.25) is 0 Å². The van der Waals surface area contributed by atoms with Crippen molar-refractivity contribution < 1.29 is 24.1 Å². The van der Waals surface area contributed by atoms with Crippen LogP contribution in [-0.4, -0.2) is 34.8 Å². The Morgan fingerprint density at radius 2 is 1.44 bits per heavy atom. The molecule has 2 aliphatic heterocycles. The lowest BCUT2D eigenvalue weighted by Gasteiger charge is -2.57. The van der Waals surface area contributed by atoms with E-state index in [0.717, 1.165) is 37.5 Å². The predicted molar refractivity (Wildman–Crippen MR) is 93.7 cm³/mol. The van der Waals surface area contributed by atoms with E-state index in [9.17, 15) is 9.59 Å². The first-order chi connectivity index (χ1) is 13.1. The van der Waals surface area contributed by atoms with Crippen molar-refractivity contribution in [3.63, 3.8) is 0 Å². The summed E-state index contributed by atoms with van der Waals surface area (Å²) in [4.78, 5) is 37.3. The average molecular weight is 375 g/mol. The van der Waals surface area contributed by atoms with Gasteiger partial charge in [0.1, 0.15) is 0 Å². The molecule has 7 rings (SSSR count). The van der Waals surface area contributed by atoms with Crippen LogP contribution in [0.25, 0.3) is 0 Å². The predicted octanol–water partition coefficient (Wildman–Crippen LogP) is 3.15. The lowest BCUT2D eigenvalue weighted by molar-refractivity contribution is -0.390. The molecule has 6 heteroatoms. The number of rotatable bonds is 2. The molecule has 5 aliphatic carbocycles. The summed E-state index contributed by atoms with van der Waals surface area (Å²) in [7, 11) is 0. The Morgan fingerprint density at radius 3 is 2.04 bits per heavy atom. The molecule has 27 heavy (non-hydrogen) atoms. The molecule has 5 saturated carbocycles. The van der Waals surface area contributed by atoms with Crippen molar-refractivity contribution in [2.24, 2.45) is 29.6 Å². The number of carbonyl (C=O) groups excluding carboxylic acids is 2. The van der Waals surface area contributed by atoms with Gasteiger partial charge in [-0.3, -0.25) is 14.5 Å². The highest BCUT2D eigenvalue weighted by molar-refractivity contribution is 6.01. The van der Waals surface area contributed by atoms with Crippen LogP contribution in [0.5, 0.6) is 0 Å². The van der Waals surface area contributed by atoms with Gasteiger partial charge in [0, 0.05) is 44.1 Å². The van der Waals surface area contributed by atoms with E-state index in [0.29, 0.717) is 37.1 Å². The number of ether oxygens (including phenoxy) is 1. The van der Waals surface area contributed by atoms with Crippen LogP contribution in [0.1, 0.15) is 70.6 Å². The normalized spacial score (nSPS) is 51.3. The van der Waals surface area contributed by atoms with Crippen LogP contribution in [0.15, 0.2) is 0 Å². The maximum absolute atomic E-state index is 11.9. The summed E-state index contributed by atoms with van der Waals surface area (Å²) in [5.41, 5.74) is 0. The Kier molecular flexibility index (Phi) is 3.62. The topological polar surface area (TPSA) is 65.1 Å². The lowest BCUT2D eigenvalue weighted by Crippen LogP contribution is -2.59. The maximum atomic E-state index is 11.9. The van der Waals surface area contributed by atoms with Crippen LogP contribution in [-0.2, 0) is 24.1 Å². The minimum Gasteiger partial charge on any atom is -0.312 e. The fourth-order valence-corrected chi connectivity index (χ4v) is 7.18. The SMILES string of the molecule is O=C1CCC(=O)N1CC1CCC2(CC1)OOC1(O2)C2CC3CC(C2)CC1C3. The number of imide groups is 1. The van der Waals surface area contributed by atoms with Gasteiger partial charge in [-0.05, 0) is 62.7 Å². The number of nitrogens with zero attached hydrogens (tertiary/aromatic N) is 1. The molecule has 2 amide bonds. The molecule has 0 unspecified atom stereocenters. The van der Waals surface area contributed by atoms with Gasteiger partial charge in [-0.15, -0.1) is 0 Å². The molecule has 0 aromatic carbocycles. The summed E-state index contributed by atoms with van der Waals surface area (Å²) in [5.74, 6) is 1.95. The molecular formula is C21H29NO5. The van der Waals surface area contributed by atoms with Crippen molar-refractivity contribution in [1.29, 1.82) is 0 Å². The zero-order valence-corrected chi connectivity index (χ0v) is 15.9. The number of amides is 2. The van der Waals surface area contributed by atoms with E-state index in [1.807, 2.05) is 0 Å². The Bertz CT molecular complexity index is 623. The van der Waals surface area contributed by atoms with E-state index in [1.165, 1.54) is 37.0 Å². The molecule has 0 aromatic rings. The van der Waals surface area contributed by atoms with Gasteiger partial charge in [0.05, 0.1) is 0 Å². The molecule has 148 valence electrons. The highest BCUT2D eigenvalue weighted by Crippen LogP contribution is 2.63. The first-order valence-corrected chi connectivity index (χ1v) is 11.0. The molecule has 6 nitrogen and oxygen atoms in total. The zero-order valence-electron chi connectivity index (χ0n) is 15.9. The maximum Gasteiger partial charge on any atom is 0.229 e. The average Bonchev–Trinajstić information content (AvgIpc) is 3.18. The lowest BCUT2D eigenvalue weighted by atomic mass is 9.53. The summed E-state index contributed by atoms with van der Waals surface area (Å²) < 4.78 is 6.72. The van der Waals surface area contributed by atoms with E-state index in [-0.39, 0.29) is 11.8 Å². The summed E-state index contributed by atoms with van der Waals surface area (Å²) in [5, 5.41) is 0. The van der Waals surface area contributed by atoms with E-state index in [2.05, 4.69) is 0 Å². The minimum atomic E-state index is -0.606. The zero-order chi connectivity index (χ0) is 18.2. The second-order valence-electron chi connectivity index (χ2n) is 10.0. The van der Waals surface area contributed by atoms with E-state index in [4.69, 9.17) is 14.5 Å². The van der Waals surface area contributed by atoms with E-state index < -0.39 is 11.6 Å². The third-order valence-electron chi connectivity index (χ3n) is 8.41. The van der Waals surface area contributed by atoms with Crippen molar-refractivity contribution >= 4 is 11.8 Å². The van der Waals surface area contributed by atoms with Crippen molar-refractivity contribution in [1.82, 2.24) is 4.90 Å². The van der Waals surface area contributed by atoms with Crippen LogP contribution in [0.3, 0.4) is 0 Å². The van der Waals surface area contributed by atoms with Gasteiger partial charge in [-0.2, -0.15) is 9.78 Å². The quantitative estimate of drug-likeness (QED) is 0.548. The minimum absolute atomic E-state index is 0.00969. The summed E-state index contributed by atoms with van der Waals surface area (Å²) in [6, 6.07) is 0. The molecule has 2 spiro atoms.